The summed E-state index contributed by atoms with van der Waals surface area (Å²) in [5.41, 5.74) is 7.61. The van der Waals surface area contributed by atoms with Crippen LogP contribution in [0.4, 0.5) is 0 Å². The zero-order valence-electron chi connectivity index (χ0n) is 13.3. The van der Waals surface area contributed by atoms with E-state index >= 15 is 0 Å². The molecule has 2 N–H and O–H groups in total. The highest BCUT2D eigenvalue weighted by Crippen LogP contribution is 2.28. The molecule has 0 aliphatic heterocycles. The molecule has 0 amide bonds. The van der Waals surface area contributed by atoms with Crippen LogP contribution in [-0.4, -0.2) is 23.5 Å². The first-order valence-corrected chi connectivity index (χ1v) is 8.53. The molecule has 2 nitrogen and oxygen atoms in total. The molecule has 0 aromatic heterocycles. The number of hydrogen-bond donors (Lipinski definition) is 1. The van der Waals surface area contributed by atoms with E-state index in [2.05, 4.69) is 72.8 Å². The lowest BCUT2D eigenvalue weighted by Crippen LogP contribution is -2.43. The van der Waals surface area contributed by atoms with Gasteiger partial charge < -0.3 is 5.73 Å². The van der Waals surface area contributed by atoms with Crippen LogP contribution < -0.4 is 5.73 Å². The van der Waals surface area contributed by atoms with Crippen LogP contribution in [0.2, 0.25) is 0 Å². The van der Waals surface area contributed by atoms with E-state index in [9.17, 15) is 0 Å². The van der Waals surface area contributed by atoms with Crippen LogP contribution in [0.25, 0.3) is 0 Å². The van der Waals surface area contributed by atoms with Crippen molar-refractivity contribution in [3.63, 3.8) is 0 Å². The molecule has 1 aromatic carbocycles. The lowest BCUT2D eigenvalue weighted by Gasteiger charge is -2.38. The molecule has 114 valence electrons. The summed E-state index contributed by atoms with van der Waals surface area (Å²) in [6.45, 7) is 10.0. The molecule has 0 fully saturated rings. The monoisotopic (exact) mass is 340 g/mol. The van der Waals surface area contributed by atoms with Crippen LogP contribution in [0.1, 0.15) is 58.6 Å². The van der Waals surface area contributed by atoms with Crippen molar-refractivity contribution in [3.8, 4) is 0 Å². The Balaban J connectivity index is 2.96. The van der Waals surface area contributed by atoms with Crippen LogP contribution in [0.3, 0.4) is 0 Å². The van der Waals surface area contributed by atoms with Crippen molar-refractivity contribution < 1.29 is 0 Å². The smallest absolute Gasteiger partial charge is 0.0499 e. The minimum absolute atomic E-state index is 0.119. The van der Waals surface area contributed by atoms with Crippen LogP contribution in [-0.2, 0) is 0 Å². The van der Waals surface area contributed by atoms with E-state index in [4.69, 9.17) is 5.73 Å². The van der Waals surface area contributed by atoms with Gasteiger partial charge in [-0.2, -0.15) is 0 Å². The first kappa shape index (κ1) is 17.7. The second-order valence-electron chi connectivity index (χ2n) is 5.90. The predicted molar refractivity (Wildman–Crippen MR) is 91.9 cm³/mol. The van der Waals surface area contributed by atoms with E-state index < -0.39 is 0 Å². The Bertz CT molecular complexity index is 390. The van der Waals surface area contributed by atoms with E-state index in [0.29, 0.717) is 6.04 Å². The number of unbranched alkanes of at least 4 members (excludes halogenated alkanes) is 2. The van der Waals surface area contributed by atoms with Crippen LogP contribution in [0.15, 0.2) is 28.7 Å². The molecule has 0 aliphatic rings. The van der Waals surface area contributed by atoms with E-state index in [0.717, 1.165) is 11.0 Å². The van der Waals surface area contributed by atoms with Gasteiger partial charge in [-0.25, -0.2) is 0 Å². The van der Waals surface area contributed by atoms with Crippen molar-refractivity contribution >= 4 is 15.9 Å². The fourth-order valence-corrected chi connectivity index (χ4v) is 3.17. The summed E-state index contributed by atoms with van der Waals surface area (Å²) in [5.74, 6) is 0. The van der Waals surface area contributed by atoms with Gasteiger partial charge in [-0.05, 0) is 51.4 Å². The minimum Gasteiger partial charge on any atom is -0.326 e. The topological polar surface area (TPSA) is 29.3 Å². The highest BCUT2D eigenvalue weighted by Gasteiger charge is 2.25. The SMILES string of the molecule is CCCCCN(C(C)C)C(c1cccc(Br)c1)C(C)N. The summed E-state index contributed by atoms with van der Waals surface area (Å²) in [5, 5.41) is 0. The fraction of sp³-hybridized carbons (Fsp3) is 0.647. The number of nitrogens with zero attached hydrogens (tertiary/aromatic N) is 1. The van der Waals surface area contributed by atoms with E-state index in [1.807, 2.05) is 0 Å². The van der Waals surface area contributed by atoms with Gasteiger partial charge in [0.2, 0.25) is 0 Å². The molecule has 0 saturated heterocycles. The average molecular weight is 341 g/mol. The van der Waals surface area contributed by atoms with Gasteiger partial charge in [0.25, 0.3) is 0 Å². The number of rotatable bonds is 8. The van der Waals surface area contributed by atoms with Gasteiger partial charge in [0, 0.05) is 22.6 Å². The Morgan fingerprint density at radius 2 is 1.90 bits per heavy atom. The van der Waals surface area contributed by atoms with E-state index in [-0.39, 0.29) is 12.1 Å². The summed E-state index contributed by atoms with van der Waals surface area (Å²) in [4.78, 5) is 2.54. The molecular formula is C17H29BrN2. The molecule has 1 aromatic rings. The van der Waals surface area contributed by atoms with E-state index in [1.165, 1.54) is 24.8 Å². The van der Waals surface area contributed by atoms with Crippen molar-refractivity contribution in [3.05, 3.63) is 34.3 Å². The van der Waals surface area contributed by atoms with Crippen molar-refractivity contribution in [1.82, 2.24) is 4.90 Å². The maximum Gasteiger partial charge on any atom is 0.0499 e. The summed E-state index contributed by atoms with van der Waals surface area (Å²) in [7, 11) is 0. The van der Waals surface area contributed by atoms with E-state index in [1.54, 1.807) is 0 Å². The number of benzene rings is 1. The maximum absolute atomic E-state index is 6.30. The second-order valence-corrected chi connectivity index (χ2v) is 6.81. The van der Waals surface area contributed by atoms with Crippen molar-refractivity contribution in [2.45, 2.75) is 65.1 Å². The van der Waals surface area contributed by atoms with Crippen molar-refractivity contribution in [2.75, 3.05) is 6.54 Å². The molecule has 20 heavy (non-hydrogen) atoms. The highest BCUT2D eigenvalue weighted by molar-refractivity contribution is 9.10. The molecule has 0 aliphatic carbocycles. The molecule has 0 bridgehead atoms. The fourth-order valence-electron chi connectivity index (χ4n) is 2.75. The number of nitrogens with two attached hydrogens (primary N) is 1. The molecular weight excluding hydrogens is 312 g/mol. The Labute approximate surface area is 132 Å². The predicted octanol–water partition coefficient (Wildman–Crippen LogP) is 4.74. The second kappa shape index (κ2) is 8.81. The summed E-state index contributed by atoms with van der Waals surface area (Å²) < 4.78 is 1.12. The molecule has 0 spiro atoms. The van der Waals surface area contributed by atoms with Crippen molar-refractivity contribution in [1.29, 1.82) is 0 Å². The Kier molecular flexibility index (Phi) is 7.78. The lowest BCUT2D eigenvalue weighted by molar-refractivity contribution is 0.133. The molecule has 2 unspecified atom stereocenters. The first-order chi connectivity index (χ1) is 9.47. The van der Waals surface area contributed by atoms with Crippen molar-refractivity contribution in [2.24, 2.45) is 5.73 Å². The minimum atomic E-state index is 0.119. The molecule has 0 radical (unpaired) electrons. The van der Waals surface area contributed by atoms with Gasteiger partial charge in [-0.3, -0.25) is 4.90 Å². The molecule has 0 heterocycles. The number of halogens is 1. The van der Waals surface area contributed by atoms with Gasteiger partial charge in [0.15, 0.2) is 0 Å². The quantitative estimate of drug-likeness (QED) is 0.692. The van der Waals surface area contributed by atoms with Gasteiger partial charge in [0.05, 0.1) is 0 Å². The Hall–Kier alpha value is -0.380. The molecule has 1 rings (SSSR count). The summed E-state index contributed by atoms with van der Waals surface area (Å²) in [6, 6.07) is 9.45. The summed E-state index contributed by atoms with van der Waals surface area (Å²) >= 11 is 3.57. The zero-order chi connectivity index (χ0) is 15.1. The van der Waals surface area contributed by atoms with Crippen LogP contribution in [0, 0.1) is 0 Å². The van der Waals surface area contributed by atoms with Gasteiger partial charge in [-0.15, -0.1) is 0 Å². The van der Waals surface area contributed by atoms with Gasteiger partial charge in [-0.1, -0.05) is 47.8 Å². The standard InChI is InChI=1S/C17H29BrN2/c1-5-6-7-11-20(13(2)3)17(14(4)19)15-9-8-10-16(18)12-15/h8-10,12-14,17H,5-7,11,19H2,1-4H3. The lowest BCUT2D eigenvalue weighted by atomic mass is 9.97. The van der Waals surface area contributed by atoms with Gasteiger partial charge >= 0.3 is 0 Å². The molecule has 2 atom stereocenters. The normalized spacial score (nSPS) is 14.8. The molecule has 3 heteroatoms. The largest absolute Gasteiger partial charge is 0.326 e. The average Bonchev–Trinajstić information content (AvgIpc) is 2.37. The third-order valence-corrected chi connectivity index (χ3v) is 4.22. The van der Waals surface area contributed by atoms with Crippen LogP contribution in [0.5, 0.6) is 0 Å². The summed E-state index contributed by atoms with van der Waals surface area (Å²) in [6.07, 6.45) is 3.78. The third-order valence-electron chi connectivity index (χ3n) is 3.73. The zero-order valence-corrected chi connectivity index (χ0v) is 14.9. The third kappa shape index (κ3) is 5.19. The van der Waals surface area contributed by atoms with Crippen LogP contribution >= 0.6 is 15.9 Å². The first-order valence-electron chi connectivity index (χ1n) is 7.74. The number of hydrogen-bond acceptors (Lipinski definition) is 2. The van der Waals surface area contributed by atoms with Gasteiger partial charge in [0.1, 0.15) is 0 Å². The molecule has 0 saturated carbocycles. The maximum atomic E-state index is 6.30. The Morgan fingerprint density at radius 3 is 2.40 bits per heavy atom. The highest BCUT2D eigenvalue weighted by atomic mass is 79.9. The Morgan fingerprint density at radius 1 is 1.20 bits per heavy atom.